The molecule has 1 amide bonds. The Morgan fingerprint density at radius 3 is 2.44 bits per heavy atom. The molecule has 32 heavy (non-hydrogen) atoms. The summed E-state index contributed by atoms with van der Waals surface area (Å²) in [5.74, 6) is 0.945. The molecule has 1 atom stereocenters. The van der Waals surface area contributed by atoms with Crippen LogP contribution < -0.4 is 5.32 Å². The second-order valence-corrected chi connectivity index (χ2v) is 10.2. The SMILES string of the molecule is CN1CCN(Cc2ccc(CNC3=NCC4CN(C(=O)OC(C)(C)C)CCN34)cc2)CC1. The van der Waals surface area contributed by atoms with Gasteiger partial charge in [0.15, 0.2) is 5.96 Å². The van der Waals surface area contributed by atoms with E-state index in [-0.39, 0.29) is 12.1 Å². The summed E-state index contributed by atoms with van der Waals surface area (Å²) in [6.45, 7) is 14.9. The van der Waals surface area contributed by atoms with Gasteiger partial charge in [-0.05, 0) is 38.9 Å². The van der Waals surface area contributed by atoms with Crippen molar-refractivity contribution in [3.05, 3.63) is 35.4 Å². The number of nitrogens with zero attached hydrogens (tertiary/aromatic N) is 5. The number of likely N-dealkylation sites (N-methyl/N-ethyl adjacent to an activating group) is 1. The van der Waals surface area contributed by atoms with Gasteiger partial charge in [-0.2, -0.15) is 0 Å². The number of nitrogens with one attached hydrogen (secondary N) is 1. The summed E-state index contributed by atoms with van der Waals surface area (Å²) in [5, 5.41) is 3.51. The Balaban J connectivity index is 1.23. The molecule has 0 radical (unpaired) electrons. The van der Waals surface area contributed by atoms with E-state index in [9.17, 15) is 4.79 Å². The number of carbonyl (C=O) groups is 1. The highest BCUT2D eigenvalue weighted by Crippen LogP contribution is 2.19. The van der Waals surface area contributed by atoms with Crippen LogP contribution in [0.25, 0.3) is 0 Å². The van der Waals surface area contributed by atoms with Crippen LogP contribution in [0.2, 0.25) is 0 Å². The molecule has 0 spiro atoms. The molecule has 0 aliphatic carbocycles. The lowest BCUT2D eigenvalue weighted by molar-refractivity contribution is 0.0137. The summed E-state index contributed by atoms with van der Waals surface area (Å²) in [4.78, 5) is 26.1. The topological polar surface area (TPSA) is 63.6 Å². The molecule has 1 aromatic rings. The molecular formula is C24H38N6O2. The molecule has 2 saturated heterocycles. The van der Waals surface area contributed by atoms with Crippen LogP contribution >= 0.6 is 0 Å². The Bertz CT molecular complexity index is 811. The van der Waals surface area contributed by atoms with Gasteiger partial charge in [0.25, 0.3) is 0 Å². The monoisotopic (exact) mass is 442 g/mol. The van der Waals surface area contributed by atoms with Crippen LogP contribution in [0, 0.1) is 0 Å². The second-order valence-electron chi connectivity index (χ2n) is 10.2. The van der Waals surface area contributed by atoms with Gasteiger partial charge in [-0.1, -0.05) is 24.3 Å². The number of hydrogen-bond donors (Lipinski definition) is 1. The molecule has 3 aliphatic heterocycles. The van der Waals surface area contributed by atoms with Gasteiger partial charge in [0.05, 0.1) is 12.6 Å². The highest BCUT2D eigenvalue weighted by atomic mass is 16.6. The van der Waals surface area contributed by atoms with E-state index in [2.05, 4.69) is 51.3 Å². The lowest BCUT2D eigenvalue weighted by Gasteiger charge is -2.39. The third-order valence-corrected chi connectivity index (χ3v) is 6.33. The fourth-order valence-corrected chi connectivity index (χ4v) is 4.43. The number of rotatable bonds is 4. The van der Waals surface area contributed by atoms with E-state index in [0.717, 1.165) is 51.8 Å². The maximum atomic E-state index is 12.4. The normalized spacial score (nSPS) is 22.5. The Morgan fingerprint density at radius 2 is 1.75 bits per heavy atom. The summed E-state index contributed by atoms with van der Waals surface area (Å²) in [6, 6.07) is 9.14. The Hall–Kier alpha value is -2.32. The second kappa shape index (κ2) is 9.67. The Kier molecular flexibility index (Phi) is 6.90. The first kappa shape index (κ1) is 22.9. The van der Waals surface area contributed by atoms with Crippen molar-refractivity contribution >= 4 is 12.1 Å². The maximum Gasteiger partial charge on any atom is 0.410 e. The molecule has 8 heteroatoms. The van der Waals surface area contributed by atoms with E-state index < -0.39 is 5.60 Å². The number of piperazine rings is 2. The largest absolute Gasteiger partial charge is 0.444 e. The van der Waals surface area contributed by atoms with Crippen LogP contribution in [0.5, 0.6) is 0 Å². The quantitative estimate of drug-likeness (QED) is 0.768. The van der Waals surface area contributed by atoms with Gasteiger partial charge in [0.2, 0.25) is 0 Å². The Morgan fingerprint density at radius 1 is 1.06 bits per heavy atom. The third-order valence-electron chi connectivity index (χ3n) is 6.33. The zero-order valence-electron chi connectivity index (χ0n) is 20.0. The summed E-state index contributed by atoms with van der Waals surface area (Å²) in [6.07, 6.45) is -0.227. The Labute approximate surface area is 192 Å². The smallest absolute Gasteiger partial charge is 0.410 e. The van der Waals surface area contributed by atoms with Gasteiger partial charge in [-0.3, -0.25) is 9.89 Å². The van der Waals surface area contributed by atoms with Crippen LogP contribution in [0.4, 0.5) is 4.79 Å². The number of hydrogen-bond acceptors (Lipinski definition) is 7. The molecule has 1 unspecified atom stereocenters. The summed E-state index contributed by atoms with van der Waals surface area (Å²) in [5.41, 5.74) is 2.16. The standard InChI is InChI=1S/C24H38N6O2/c1-24(2,3)32-23(31)29-13-14-30-21(18-29)16-26-22(30)25-15-19-5-7-20(8-6-19)17-28-11-9-27(4)10-12-28/h5-8,21H,9-18H2,1-4H3,(H,25,26). The number of fused-ring (bicyclic) bond motifs is 1. The molecule has 3 heterocycles. The number of aliphatic imine (C=N–C) groups is 1. The molecular weight excluding hydrogens is 404 g/mol. The average Bonchev–Trinajstić information content (AvgIpc) is 3.16. The van der Waals surface area contributed by atoms with Crippen LogP contribution in [0.1, 0.15) is 31.9 Å². The number of guanidine groups is 1. The first-order valence-electron chi connectivity index (χ1n) is 11.8. The molecule has 8 nitrogen and oxygen atoms in total. The van der Waals surface area contributed by atoms with E-state index in [0.29, 0.717) is 19.6 Å². The van der Waals surface area contributed by atoms with Gasteiger partial charge in [-0.25, -0.2) is 4.79 Å². The zero-order valence-corrected chi connectivity index (χ0v) is 20.0. The molecule has 3 aliphatic rings. The highest BCUT2D eigenvalue weighted by molar-refractivity contribution is 5.82. The minimum Gasteiger partial charge on any atom is -0.444 e. The van der Waals surface area contributed by atoms with Gasteiger partial charge in [-0.15, -0.1) is 0 Å². The molecule has 2 fully saturated rings. The lowest BCUT2D eigenvalue weighted by Crippen LogP contribution is -2.57. The first-order chi connectivity index (χ1) is 15.3. The van der Waals surface area contributed by atoms with Crippen LogP contribution in [-0.4, -0.2) is 103 Å². The van der Waals surface area contributed by atoms with E-state index in [1.54, 1.807) is 0 Å². The van der Waals surface area contributed by atoms with Crippen LogP contribution in [0.3, 0.4) is 0 Å². The number of carbonyl (C=O) groups excluding carboxylic acids is 1. The molecule has 4 rings (SSSR count). The number of ether oxygens (including phenoxy) is 1. The van der Waals surface area contributed by atoms with Crippen molar-refractivity contribution in [3.63, 3.8) is 0 Å². The predicted octanol–water partition coefficient (Wildman–Crippen LogP) is 1.81. The van der Waals surface area contributed by atoms with Crippen molar-refractivity contribution in [2.24, 2.45) is 4.99 Å². The number of benzene rings is 1. The highest BCUT2D eigenvalue weighted by Gasteiger charge is 2.36. The molecule has 0 aromatic heterocycles. The number of amides is 1. The van der Waals surface area contributed by atoms with Crippen molar-refractivity contribution in [2.45, 2.75) is 45.5 Å². The van der Waals surface area contributed by atoms with Crippen molar-refractivity contribution in [3.8, 4) is 0 Å². The minimum absolute atomic E-state index is 0.227. The van der Waals surface area contributed by atoms with Crippen molar-refractivity contribution in [1.29, 1.82) is 0 Å². The van der Waals surface area contributed by atoms with Crippen molar-refractivity contribution < 1.29 is 9.53 Å². The molecule has 0 bridgehead atoms. The molecule has 1 aromatic carbocycles. The summed E-state index contributed by atoms with van der Waals surface area (Å²) < 4.78 is 5.53. The maximum absolute atomic E-state index is 12.4. The average molecular weight is 443 g/mol. The summed E-state index contributed by atoms with van der Waals surface area (Å²) >= 11 is 0. The molecule has 176 valence electrons. The minimum atomic E-state index is -0.465. The van der Waals surface area contributed by atoms with E-state index >= 15 is 0 Å². The van der Waals surface area contributed by atoms with Crippen molar-refractivity contribution in [1.82, 2.24) is 24.9 Å². The van der Waals surface area contributed by atoms with Gasteiger partial charge in [0, 0.05) is 58.9 Å². The fraction of sp³-hybridized carbons (Fsp3) is 0.667. The fourth-order valence-electron chi connectivity index (χ4n) is 4.43. The predicted molar refractivity (Wildman–Crippen MR) is 127 cm³/mol. The third kappa shape index (κ3) is 5.92. The first-order valence-corrected chi connectivity index (χ1v) is 11.8. The van der Waals surface area contributed by atoms with Gasteiger partial charge in [0.1, 0.15) is 5.60 Å². The molecule has 0 saturated carbocycles. The zero-order chi connectivity index (χ0) is 22.7. The lowest BCUT2D eigenvalue weighted by atomic mass is 10.1. The van der Waals surface area contributed by atoms with E-state index in [4.69, 9.17) is 9.73 Å². The van der Waals surface area contributed by atoms with Crippen LogP contribution in [0.15, 0.2) is 29.3 Å². The van der Waals surface area contributed by atoms with Crippen molar-refractivity contribution in [2.75, 3.05) is 59.4 Å². The van der Waals surface area contributed by atoms with Gasteiger partial charge < -0.3 is 24.8 Å². The van der Waals surface area contributed by atoms with Crippen LogP contribution in [-0.2, 0) is 17.8 Å². The summed E-state index contributed by atoms with van der Waals surface area (Å²) in [7, 11) is 2.19. The molecule has 1 N–H and O–H groups in total. The van der Waals surface area contributed by atoms with E-state index in [1.165, 1.54) is 11.1 Å². The van der Waals surface area contributed by atoms with Gasteiger partial charge >= 0.3 is 6.09 Å². The van der Waals surface area contributed by atoms with E-state index in [1.807, 2.05) is 25.7 Å².